The Balaban J connectivity index is 1.27. The molecule has 1 saturated heterocycles. The highest BCUT2D eigenvalue weighted by atomic mass is 16.7. The van der Waals surface area contributed by atoms with Gasteiger partial charge in [-0.2, -0.15) is 0 Å². The number of carbonyl (C=O) groups excluding carboxylic acids is 2. The van der Waals surface area contributed by atoms with Crippen LogP contribution in [0.2, 0.25) is 0 Å². The van der Waals surface area contributed by atoms with Crippen LogP contribution >= 0.6 is 0 Å². The van der Waals surface area contributed by atoms with Gasteiger partial charge in [0.2, 0.25) is 5.75 Å². The fraction of sp³-hybridized carbons (Fsp3) is 0.238. The van der Waals surface area contributed by atoms with E-state index in [0.717, 1.165) is 16.7 Å². The topological polar surface area (TPSA) is 102 Å². The first kappa shape index (κ1) is 35.0. The van der Waals surface area contributed by atoms with E-state index < -0.39 is 23.5 Å². The summed E-state index contributed by atoms with van der Waals surface area (Å²) in [5, 5.41) is 0. The summed E-state index contributed by atoms with van der Waals surface area (Å²) >= 11 is 0. The molecule has 1 heterocycles. The summed E-state index contributed by atoms with van der Waals surface area (Å²) in [4.78, 5) is 27.6. The Morgan fingerprint density at radius 2 is 1.14 bits per heavy atom. The van der Waals surface area contributed by atoms with Crippen molar-refractivity contribution in [3.8, 4) is 28.7 Å². The van der Waals surface area contributed by atoms with E-state index in [1.165, 1.54) is 14.2 Å². The zero-order chi connectivity index (χ0) is 35.6. The molecule has 9 nitrogen and oxygen atoms in total. The number of hydrogen-bond acceptors (Lipinski definition) is 9. The summed E-state index contributed by atoms with van der Waals surface area (Å²) in [6, 6.07) is 37.9. The van der Waals surface area contributed by atoms with Crippen molar-refractivity contribution in [1.29, 1.82) is 0 Å². The van der Waals surface area contributed by atoms with Crippen molar-refractivity contribution in [2.45, 2.75) is 44.9 Å². The standard InChI is InChI=1S/C42H40O9/c1-4-47-41(44)42(38(43)23-32-20-21-34(35(22-32)45-2)48-26-29-14-8-5-9-15-29)40(51-42)33-24-36(46-3)39(50-28-31-18-12-7-13-19-31)37(25-33)49-27-30-16-10-6-11-17-30/h5-22,24-25,40H,4,23,26-28H2,1-3H3/t40-,42+/m0/s1. The van der Waals surface area contributed by atoms with Crippen LogP contribution < -0.4 is 23.7 Å². The zero-order valence-corrected chi connectivity index (χ0v) is 28.8. The predicted molar refractivity (Wildman–Crippen MR) is 190 cm³/mol. The maximum atomic E-state index is 14.1. The number of carbonyl (C=O) groups is 2. The van der Waals surface area contributed by atoms with Crippen molar-refractivity contribution in [2.24, 2.45) is 0 Å². The van der Waals surface area contributed by atoms with Crippen LogP contribution in [0.3, 0.4) is 0 Å². The van der Waals surface area contributed by atoms with E-state index in [4.69, 9.17) is 33.2 Å². The van der Waals surface area contributed by atoms with Gasteiger partial charge in [-0.25, -0.2) is 4.79 Å². The van der Waals surface area contributed by atoms with E-state index in [0.29, 0.717) is 46.5 Å². The molecule has 5 aromatic carbocycles. The fourth-order valence-corrected chi connectivity index (χ4v) is 5.78. The average Bonchev–Trinajstić information content (AvgIpc) is 3.94. The van der Waals surface area contributed by atoms with Gasteiger partial charge in [-0.05, 0) is 59.0 Å². The largest absolute Gasteiger partial charge is 0.493 e. The Labute approximate surface area is 297 Å². The third-order valence-corrected chi connectivity index (χ3v) is 8.47. The van der Waals surface area contributed by atoms with Gasteiger partial charge in [-0.3, -0.25) is 4.79 Å². The molecule has 2 atom stereocenters. The number of epoxide rings is 1. The number of esters is 1. The third-order valence-electron chi connectivity index (χ3n) is 8.47. The number of Topliss-reactive ketones (excluding diaryl/α,β-unsaturated/α-hetero) is 1. The second-order valence-corrected chi connectivity index (χ2v) is 11.9. The first-order valence-corrected chi connectivity index (χ1v) is 16.7. The molecular formula is C42H40O9. The van der Waals surface area contributed by atoms with E-state index in [9.17, 15) is 9.59 Å². The smallest absolute Gasteiger partial charge is 0.349 e. The number of ether oxygens (including phenoxy) is 7. The minimum absolute atomic E-state index is 0.0756. The summed E-state index contributed by atoms with van der Waals surface area (Å²) in [7, 11) is 3.06. The molecule has 0 aromatic heterocycles. The van der Waals surface area contributed by atoms with E-state index in [2.05, 4.69) is 0 Å². The van der Waals surface area contributed by atoms with Crippen LogP contribution in [0.25, 0.3) is 0 Å². The van der Waals surface area contributed by atoms with Gasteiger partial charge in [0.05, 0.1) is 20.8 Å². The highest BCUT2D eigenvalue weighted by Gasteiger charge is 2.69. The molecule has 5 aromatic rings. The SMILES string of the molecule is CCOC(=O)[C@]1(C(=O)Cc2ccc(OCc3ccccc3)c(OC)c2)O[C@H]1c1cc(OC)c(OCc2ccccc2)c(OCc2ccccc2)c1. The van der Waals surface area contributed by atoms with Crippen molar-refractivity contribution in [2.75, 3.05) is 20.8 Å². The van der Waals surface area contributed by atoms with E-state index >= 15 is 0 Å². The molecule has 51 heavy (non-hydrogen) atoms. The highest BCUT2D eigenvalue weighted by Crippen LogP contribution is 2.54. The molecule has 1 fully saturated rings. The molecule has 0 amide bonds. The van der Waals surface area contributed by atoms with Crippen molar-refractivity contribution >= 4 is 11.8 Å². The van der Waals surface area contributed by atoms with Gasteiger partial charge < -0.3 is 33.2 Å². The first-order valence-electron chi connectivity index (χ1n) is 16.7. The second kappa shape index (κ2) is 16.3. The molecule has 0 saturated carbocycles. The second-order valence-electron chi connectivity index (χ2n) is 11.9. The molecule has 9 heteroatoms. The van der Waals surface area contributed by atoms with Crippen LogP contribution in [0.4, 0.5) is 0 Å². The summed E-state index contributed by atoms with van der Waals surface area (Å²) in [5.41, 5.74) is 2.18. The minimum atomic E-state index is -1.86. The molecule has 0 spiro atoms. The first-order chi connectivity index (χ1) is 24.9. The number of methoxy groups -OCH3 is 2. The molecule has 1 aliphatic rings. The quantitative estimate of drug-likeness (QED) is 0.0555. The number of rotatable bonds is 17. The normalized spacial score (nSPS) is 16.1. The van der Waals surface area contributed by atoms with E-state index in [-0.39, 0.29) is 26.2 Å². The molecular weight excluding hydrogens is 648 g/mol. The van der Waals surface area contributed by atoms with Crippen LogP contribution in [-0.4, -0.2) is 38.2 Å². The summed E-state index contributed by atoms with van der Waals surface area (Å²) in [5.74, 6) is 0.903. The Morgan fingerprint density at radius 1 is 0.608 bits per heavy atom. The van der Waals surface area contributed by atoms with Crippen LogP contribution in [0.1, 0.15) is 40.8 Å². The number of ketones is 1. The maximum absolute atomic E-state index is 14.1. The van der Waals surface area contributed by atoms with Gasteiger partial charge >= 0.3 is 5.97 Å². The van der Waals surface area contributed by atoms with Gasteiger partial charge in [-0.15, -0.1) is 0 Å². The predicted octanol–water partition coefficient (Wildman–Crippen LogP) is 7.63. The van der Waals surface area contributed by atoms with Crippen molar-refractivity contribution in [3.63, 3.8) is 0 Å². The van der Waals surface area contributed by atoms with Crippen molar-refractivity contribution in [3.05, 3.63) is 149 Å². The van der Waals surface area contributed by atoms with E-state index in [1.807, 2.05) is 91.0 Å². The van der Waals surface area contributed by atoms with Crippen LogP contribution in [0.15, 0.2) is 121 Å². The molecule has 0 radical (unpaired) electrons. The Hall–Kier alpha value is -5.80. The number of benzene rings is 5. The molecule has 0 bridgehead atoms. The molecule has 6 rings (SSSR count). The van der Waals surface area contributed by atoms with Gasteiger partial charge in [-0.1, -0.05) is 97.1 Å². The molecule has 0 unspecified atom stereocenters. The maximum Gasteiger partial charge on any atom is 0.349 e. The van der Waals surface area contributed by atoms with Crippen molar-refractivity contribution in [1.82, 2.24) is 0 Å². The lowest BCUT2D eigenvalue weighted by atomic mass is 9.91. The summed E-state index contributed by atoms with van der Waals surface area (Å²) < 4.78 is 41.4. The van der Waals surface area contributed by atoms with Crippen molar-refractivity contribution < 1.29 is 42.7 Å². The summed E-state index contributed by atoms with van der Waals surface area (Å²) in [6.45, 7) is 2.63. The van der Waals surface area contributed by atoms with Crippen LogP contribution in [-0.2, 0) is 45.3 Å². The molecule has 262 valence electrons. The monoisotopic (exact) mass is 688 g/mol. The Morgan fingerprint density at radius 3 is 1.69 bits per heavy atom. The lowest BCUT2D eigenvalue weighted by Crippen LogP contribution is -2.38. The zero-order valence-electron chi connectivity index (χ0n) is 28.8. The van der Waals surface area contributed by atoms with Gasteiger partial charge in [0, 0.05) is 6.42 Å². The third kappa shape index (κ3) is 8.16. The fourth-order valence-electron chi connectivity index (χ4n) is 5.78. The van der Waals surface area contributed by atoms with Gasteiger partial charge in [0.1, 0.15) is 25.9 Å². The van der Waals surface area contributed by atoms with Gasteiger partial charge in [0.25, 0.3) is 5.60 Å². The highest BCUT2D eigenvalue weighted by molar-refractivity contribution is 6.11. The minimum Gasteiger partial charge on any atom is -0.493 e. The lowest BCUT2D eigenvalue weighted by molar-refractivity contribution is -0.153. The molecule has 0 N–H and O–H groups in total. The lowest BCUT2D eigenvalue weighted by Gasteiger charge is -2.18. The Bertz CT molecular complexity index is 1930. The average molecular weight is 689 g/mol. The molecule has 0 aliphatic carbocycles. The number of hydrogen-bond donors (Lipinski definition) is 0. The van der Waals surface area contributed by atoms with Crippen LogP contribution in [0, 0.1) is 0 Å². The summed E-state index contributed by atoms with van der Waals surface area (Å²) in [6.07, 6.45) is -1.06. The Kier molecular flexibility index (Phi) is 11.2. The van der Waals surface area contributed by atoms with E-state index in [1.54, 1.807) is 37.3 Å². The molecule has 1 aliphatic heterocycles. The van der Waals surface area contributed by atoms with Crippen LogP contribution in [0.5, 0.6) is 28.7 Å². The van der Waals surface area contributed by atoms with Gasteiger partial charge in [0.15, 0.2) is 28.8 Å².